The molecule has 6 heteroatoms. The molecule has 25 heavy (non-hydrogen) atoms. The van der Waals surface area contributed by atoms with E-state index in [1.165, 1.54) is 0 Å². The first-order valence-electron chi connectivity index (χ1n) is 8.42. The highest BCUT2D eigenvalue weighted by Gasteiger charge is 2.35. The Bertz CT molecular complexity index is 834. The number of hydrogen-bond acceptors (Lipinski definition) is 4. The Morgan fingerprint density at radius 3 is 2.32 bits per heavy atom. The summed E-state index contributed by atoms with van der Waals surface area (Å²) in [7, 11) is 0. The number of nitrogens with zero attached hydrogens (tertiary/aromatic N) is 1. The van der Waals surface area contributed by atoms with Gasteiger partial charge in [-0.2, -0.15) is 0 Å². The molecule has 2 fully saturated rings. The van der Waals surface area contributed by atoms with Gasteiger partial charge in [0, 0.05) is 18.7 Å². The summed E-state index contributed by atoms with van der Waals surface area (Å²) < 4.78 is 11.4. The fourth-order valence-corrected chi connectivity index (χ4v) is 3.68. The van der Waals surface area contributed by atoms with Crippen LogP contribution in [-0.4, -0.2) is 60.4 Å². The summed E-state index contributed by atoms with van der Waals surface area (Å²) in [6.45, 7) is 2.27. The van der Waals surface area contributed by atoms with Crippen LogP contribution in [0, 0.1) is 0 Å². The van der Waals surface area contributed by atoms with Crippen LogP contribution in [0.25, 0.3) is 10.8 Å². The fourth-order valence-electron chi connectivity index (χ4n) is 3.68. The highest BCUT2D eigenvalue weighted by molar-refractivity contribution is 6.12. The SMILES string of the molecule is O=C(O)c1cccc2c(C(=O)N3CC[C@@H]4OCCO[C@H]4C3)cccc12. The molecule has 2 atom stereocenters. The molecule has 2 aromatic carbocycles. The number of carbonyl (C=O) groups excluding carboxylic acids is 1. The van der Waals surface area contributed by atoms with Crippen molar-refractivity contribution in [2.75, 3.05) is 26.3 Å². The van der Waals surface area contributed by atoms with E-state index in [-0.39, 0.29) is 23.7 Å². The van der Waals surface area contributed by atoms with E-state index >= 15 is 0 Å². The minimum Gasteiger partial charge on any atom is -0.478 e. The lowest BCUT2D eigenvalue weighted by atomic mass is 9.97. The van der Waals surface area contributed by atoms with E-state index in [9.17, 15) is 14.7 Å². The van der Waals surface area contributed by atoms with Gasteiger partial charge in [-0.1, -0.05) is 24.3 Å². The van der Waals surface area contributed by atoms with Crippen molar-refractivity contribution in [3.63, 3.8) is 0 Å². The molecule has 6 nitrogen and oxygen atoms in total. The molecule has 2 aromatic rings. The van der Waals surface area contributed by atoms with Gasteiger partial charge in [-0.05, 0) is 29.3 Å². The van der Waals surface area contributed by atoms with Gasteiger partial charge in [-0.25, -0.2) is 4.79 Å². The van der Waals surface area contributed by atoms with Gasteiger partial charge < -0.3 is 19.5 Å². The third kappa shape index (κ3) is 2.88. The lowest BCUT2D eigenvalue weighted by Gasteiger charge is -2.40. The summed E-state index contributed by atoms with van der Waals surface area (Å²) in [5.74, 6) is -1.09. The quantitative estimate of drug-likeness (QED) is 0.906. The number of carbonyl (C=O) groups is 2. The molecule has 0 saturated carbocycles. The fraction of sp³-hybridized carbons (Fsp3) is 0.368. The van der Waals surface area contributed by atoms with Crippen LogP contribution in [0.3, 0.4) is 0 Å². The number of hydrogen-bond donors (Lipinski definition) is 1. The van der Waals surface area contributed by atoms with E-state index in [1.54, 1.807) is 41.3 Å². The topological polar surface area (TPSA) is 76.1 Å². The van der Waals surface area contributed by atoms with E-state index in [1.807, 2.05) is 0 Å². The molecule has 2 aliphatic heterocycles. The lowest BCUT2D eigenvalue weighted by molar-refractivity contribution is -0.160. The van der Waals surface area contributed by atoms with Crippen LogP contribution < -0.4 is 0 Å². The van der Waals surface area contributed by atoms with E-state index in [0.29, 0.717) is 42.6 Å². The standard InChI is InChI=1S/C19H19NO5/c21-18(20-8-7-16-17(11-20)25-10-9-24-16)14-5-1-4-13-12(14)3-2-6-15(13)19(22)23/h1-6,16-17H,7-11H2,(H,22,23)/t16-,17-/m0/s1. The largest absolute Gasteiger partial charge is 0.478 e. The molecule has 0 spiro atoms. The summed E-state index contributed by atoms with van der Waals surface area (Å²) in [6, 6.07) is 10.2. The van der Waals surface area contributed by atoms with Crippen LogP contribution in [0.1, 0.15) is 27.1 Å². The number of likely N-dealkylation sites (tertiary alicyclic amines) is 1. The first-order valence-corrected chi connectivity index (χ1v) is 8.42. The van der Waals surface area contributed by atoms with Gasteiger partial charge in [-0.3, -0.25) is 4.79 Å². The molecule has 4 rings (SSSR count). The highest BCUT2D eigenvalue weighted by Crippen LogP contribution is 2.26. The van der Waals surface area contributed by atoms with Crippen LogP contribution in [0.5, 0.6) is 0 Å². The van der Waals surface area contributed by atoms with E-state index in [2.05, 4.69) is 0 Å². The zero-order chi connectivity index (χ0) is 17.4. The Morgan fingerprint density at radius 1 is 0.960 bits per heavy atom. The number of carboxylic acid groups (broad SMARTS) is 1. The number of amides is 1. The first kappa shape index (κ1) is 16.1. The van der Waals surface area contributed by atoms with Crippen LogP contribution in [0.4, 0.5) is 0 Å². The zero-order valence-electron chi connectivity index (χ0n) is 13.7. The highest BCUT2D eigenvalue weighted by atomic mass is 16.6. The van der Waals surface area contributed by atoms with E-state index in [0.717, 1.165) is 6.42 Å². The third-order valence-electron chi connectivity index (χ3n) is 4.92. The summed E-state index contributed by atoms with van der Waals surface area (Å²) >= 11 is 0. The molecule has 2 saturated heterocycles. The van der Waals surface area contributed by atoms with Crippen LogP contribution in [-0.2, 0) is 9.47 Å². The van der Waals surface area contributed by atoms with E-state index in [4.69, 9.17) is 9.47 Å². The first-order chi connectivity index (χ1) is 12.1. The number of carboxylic acids is 1. The molecule has 0 aliphatic carbocycles. The maximum absolute atomic E-state index is 13.1. The zero-order valence-corrected chi connectivity index (χ0v) is 13.7. The van der Waals surface area contributed by atoms with Crippen LogP contribution in [0.15, 0.2) is 36.4 Å². The molecule has 1 amide bonds. The minimum absolute atomic E-state index is 0.0592. The Balaban J connectivity index is 1.66. The number of ether oxygens (including phenoxy) is 2. The molecule has 0 radical (unpaired) electrons. The van der Waals surface area contributed by atoms with Gasteiger partial charge in [0.25, 0.3) is 5.91 Å². The molecule has 2 heterocycles. The number of aromatic carboxylic acids is 1. The summed E-state index contributed by atoms with van der Waals surface area (Å²) in [6.07, 6.45) is 0.724. The molecule has 2 aliphatic rings. The smallest absolute Gasteiger partial charge is 0.336 e. The second-order valence-corrected chi connectivity index (χ2v) is 6.37. The summed E-state index contributed by atoms with van der Waals surface area (Å²) in [4.78, 5) is 26.3. The number of benzene rings is 2. The van der Waals surface area contributed by atoms with Crippen molar-refractivity contribution in [1.29, 1.82) is 0 Å². The lowest BCUT2D eigenvalue weighted by Crippen LogP contribution is -2.53. The van der Waals surface area contributed by atoms with Crippen molar-refractivity contribution in [2.24, 2.45) is 0 Å². The third-order valence-corrected chi connectivity index (χ3v) is 4.92. The maximum Gasteiger partial charge on any atom is 0.336 e. The number of piperidine rings is 1. The molecule has 0 aromatic heterocycles. The van der Waals surface area contributed by atoms with Crippen molar-refractivity contribution in [1.82, 2.24) is 4.90 Å². The maximum atomic E-state index is 13.1. The van der Waals surface area contributed by atoms with Gasteiger partial charge in [0.15, 0.2) is 0 Å². The van der Waals surface area contributed by atoms with Crippen molar-refractivity contribution < 1.29 is 24.2 Å². The van der Waals surface area contributed by atoms with Gasteiger partial charge in [-0.15, -0.1) is 0 Å². The van der Waals surface area contributed by atoms with Crippen molar-refractivity contribution in [3.05, 3.63) is 47.5 Å². The molecular weight excluding hydrogens is 322 g/mol. The Morgan fingerprint density at radius 2 is 1.60 bits per heavy atom. The normalized spacial score (nSPS) is 23.3. The number of rotatable bonds is 2. The average Bonchev–Trinajstić information content (AvgIpc) is 2.66. The minimum atomic E-state index is -0.997. The van der Waals surface area contributed by atoms with Gasteiger partial charge in [0.2, 0.25) is 0 Å². The monoisotopic (exact) mass is 341 g/mol. The average molecular weight is 341 g/mol. The van der Waals surface area contributed by atoms with Crippen LogP contribution >= 0.6 is 0 Å². The Kier molecular flexibility index (Phi) is 4.15. The van der Waals surface area contributed by atoms with Crippen molar-refractivity contribution in [3.8, 4) is 0 Å². The Hall–Kier alpha value is -2.44. The Labute approximate surface area is 144 Å². The molecule has 0 bridgehead atoms. The van der Waals surface area contributed by atoms with Crippen molar-refractivity contribution >= 4 is 22.6 Å². The van der Waals surface area contributed by atoms with Gasteiger partial charge in [0.1, 0.15) is 6.10 Å². The summed E-state index contributed by atoms with van der Waals surface area (Å²) in [5, 5.41) is 10.6. The van der Waals surface area contributed by atoms with E-state index < -0.39 is 5.97 Å². The van der Waals surface area contributed by atoms with Crippen molar-refractivity contribution in [2.45, 2.75) is 18.6 Å². The van der Waals surface area contributed by atoms with Crippen LogP contribution in [0.2, 0.25) is 0 Å². The molecule has 130 valence electrons. The van der Waals surface area contributed by atoms with Gasteiger partial charge in [0.05, 0.1) is 24.9 Å². The van der Waals surface area contributed by atoms with Gasteiger partial charge >= 0.3 is 5.97 Å². The second kappa shape index (κ2) is 6.46. The summed E-state index contributed by atoms with van der Waals surface area (Å²) in [5.41, 5.74) is 0.727. The predicted molar refractivity (Wildman–Crippen MR) is 90.9 cm³/mol. The molecular formula is C19H19NO5. The molecule has 1 N–H and O–H groups in total. The predicted octanol–water partition coefficient (Wildman–Crippen LogP) is 2.17. The molecule has 0 unspecified atom stereocenters. The number of fused-ring (bicyclic) bond motifs is 2. The second-order valence-electron chi connectivity index (χ2n) is 6.37.